The summed E-state index contributed by atoms with van der Waals surface area (Å²) in [4.78, 5) is 0.0442. The molecule has 0 aliphatic heterocycles. The van der Waals surface area contributed by atoms with Crippen LogP contribution in [0.3, 0.4) is 0 Å². The molecule has 29 heavy (non-hydrogen) atoms. The summed E-state index contributed by atoms with van der Waals surface area (Å²) in [7, 11) is -3.79. The molecule has 1 fully saturated rings. The zero-order valence-electron chi connectivity index (χ0n) is 15.4. The molecule has 152 valence electrons. The Balaban J connectivity index is 1.65. The molecular weight excluding hydrogens is 451 g/mol. The van der Waals surface area contributed by atoms with Gasteiger partial charge in [-0.15, -0.1) is 0 Å². The van der Waals surface area contributed by atoms with Crippen LogP contribution in [0.1, 0.15) is 24.1 Å². The van der Waals surface area contributed by atoms with Crippen molar-refractivity contribution in [3.05, 3.63) is 87.1 Å². The predicted molar refractivity (Wildman–Crippen MR) is 117 cm³/mol. The number of rotatable bonds is 7. The summed E-state index contributed by atoms with van der Waals surface area (Å²) >= 11 is 18.5. The Morgan fingerprint density at radius 1 is 0.966 bits per heavy atom. The number of nitrogens with zero attached hydrogens (tertiary/aromatic N) is 2. The first kappa shape index (κ1) is 20.8. The number of hydrogen-bond acceptors (Lipinski definition) is 2. The molecule has 4 rings (SSSR count). The van der Waals surface area contributed by atoms with Gasteiger partial charge in [0.15, 0.2) is 0 Å². The average molecular weight is 470 g/mol. The molecule has 0 spiro atoms. The largest absolute Gasteiger partial charge is 0.346 e. The van der Waals surface area contributed by atoms with Crippen molar-refractivity contribution in [2.24, 2.45) is 0 Å². The van der Waals surface area contributed by atoms with Crippen molar-refractivity contribution in [1.29, 1.82) is 0 Å². The summed E-state index contributed by atoms with van der Waals surface area (Å²) < 4.78 is 30.3. The first-order valence-electron chi connectivity index (χ1n) is 9.20. The van der Waals surface area contributed by atoms with Gasteiger partial charge < -0.3 is 4.57 Å². The van der Waals surface area contributed by atoms with Crippen molar-refractivity contribution in [2.45, 2.75) is 36.9 Å². The number of benzene rings is 2. The number of sulfonamides is 1. The fourth-order valence-corrected chi connectivity index (χ4v) is 5.88. The van der Waals surface area contributed by atoms with Gasteiger partial charge in [0.1, 0.15) is 4.90 Å². The van der Waals surface area contributed by atoms with E-state index in [1.807, 2.05) is 47.2 Å². The topological polar surface area (TPSA) is 42.3 Å². The Kier molecular flexibility index (Phi) is 5.96. The molecule has 1 aromatic heterocycles. The molecule has 0 unspecified atom stereocenters. The van der Waals surface area contributed by atoms with E-state index in [1.165, 1.54) is 16.4 Å². The molecule has 1 heterocycles. The lowest BCUT2D eigenvalue weighted by molar-refractivity contribution is 0.389. The molecule has 3 aromatic rings. The Hall–Kier alpha value is -1.50. The molecule has 4 nitrogen and oxygen atoms in total. The maximum atomic E-state index is 13.4. The van der Waals surface area contributed by atoms with Gasteiger partial charge in [-0.1, -0.05) is 53.0 Å². The van der Waals surface area contributed by atoms with Crippen LogP contribution < -0.4 is 0 Å². The molecule has 0 amide bonds. The minimum Gasteiger partial charge on any atom is -0.346 e. The molecule has 2 aromatic carbocycles. The zero-order chi connectivity index (χ0) is 20.6. The van der Waals surface area contributed by atoms with E-state index in [0.717, 1.165) is 24.1 Å². The maximum Gasteiger partial charge on any atom is 0.245 e. The number of halogens is 3. The lowest BCUT2D eigenvalue weighted by atomic mass is 10.2. The van der Waals surface area contributed by atoms with Crippen molar-refractivity contribution >= 4 is 44.8 Å². The third-order valence-electron chi connectivity index (χ3n) is 4.97. The van der Waals surface area contributed by atoms with Crippen molar-refractivity contribution in [2.75, 3.05) is 0 Å². The van der Waals surface area contributed by atoms with Gasteiger partial charge in [-0.2, -0.15) is 4.31 Å². The summed E-state index contributed by atoms with van der Waals surface area (Å²) in [5.74, 6) is 0. The van der Waals surface area contributed by atoms with E-state index >= 15 is 0 Å². The van der Waals surface area contributed by atoms with E-state index in [2.05, 4.69) is 0 Å². The summed E-state index contributed by atoms with van der Waals surface area (Å²) in [5.41, 5.74) is 1.86. The van der Waals surface area contributed by atoms with E-state index in [9.17, 15) is 8.42 Å². The third kappa shape index (κ3) is 4.49. The monoisotopic (exact) mass is 468 g/mol. The van der Waals surface area contributed by atoms with Crippen LogP contribution in [0.15, 0.2) is 65.7 Å². The molecule has 1 saturated carbocycles. The zero-order valence-corrected chi connectivity index (χ0v) is 18.5. The van der Waals surface area contributed by atoms with Crippen LogP contribution in [0.4, 0.5) is 0 Å². The lowest BCUT2D eigenvalue weighted by Crippen LogP contribution is -2.33. The first-order valence-corrected chi connectivity index (χ1v) is 11.8. The highest BCUT2D eigenvalue weighted by molar-refractivity contribution is 7.89. The molecule has 0 saturated heterocycles. The van der Waals surface area contributed by atoms with Crippen LogP contribution in [0.25, 0.3) is 0 Å². The van der Waals surface area contributed by atoms with Crippen LogP contribution in [0.5, 0.6) is 0 Å². The van der Waals surface area contributed by atoms with Crippen molar-refractivity contribution in [1.82, 2.24) is 8.87 Å². The lowest BCUT2D eigenvalue weighted by Gasteiger charge is -2.23. The van der Waals surface area contributed by atoms with Crippen LogP contribution in [-0.4, -0.2) is 23.3 Å². The summed E-state index contributed by atoms with van der Waals surface area (Å²) in [6.45, 7) is 0.825. The van der Waals surface area contributed by atoms with E-state index < -0.39 is 10.0 Å². The first-order chi connectivity index (χ1) is 13.9. The maximum absolute atomic E-state index is 13.4. The fraction of sp³-hybridized carbons (Fsp3) is 0.238. The second-order valence-electron chi connectivity index (χ2n) is 7.08. The van der Waals surface area contributed by atoms with Crippen LogP contribution in [0.2, 0.25) is 15.1 Å². The van der Waals surface area contributed by atoms with Crippen LogP contribution in [-0.2, 0) is 23.1 Å². The Bertz CT molecular complexity index is 1140. The summed E-state index contributed by atoms with van der Waals surface area (Å²) in [6.07, 6.45) is 3.61. The van der Waals surface area contributed by atoms with E-state index in [1.54, 1.807) is 6.07 Å². The highest BCUT2D eigenvalue weighted by Gasteiger charge is 2.39. The van der Waals surface area contributed by atoms with Gasteiger partial charge in [0.2, 0.25) is 10.0 Å². The SMILES string of the molecule is O=S(=O)(c1cc(Cl)ccc1Cl)N(Cc1cccn1Cc1ccccc1Cl)C1CC1. The van der Waals surface area contributed by atoms with Gasteiger partial charge in [-0.3, -0.25) is 0 Å². The van der Waals surface area contributed by atoms with Gasteiger partial charge in [0, 0.05) is 34.5 Å². The van der Waals surface area contributed by atoms with E-state index in [0.29, 0.717) is 16.6 Å². The second-order valence-corrected chi connectivity index (χ2v) is 10.2. The highest BCUT2D eigenvalue weighted by atomic mass is 35.5. The minimum absolute atomic E-state index is 0.0290. The smallest absolute Gasteiger partial charge is 0.245 e. The van der Waals surface area contributed by atoms with Gasteiger partial charge in [0.05, 0.1) is 11.6 Å². The molecule has 1 aliphatic carbocycles. The fourth-order valence-electron chi connectivity index (χ4n) is 3.29. The van der Waals surface area contributed by atoms with Gasteiger partial charge in [-0.25, -0.2) is 8.42 Å². The molecule has 0 radical (unpaired) electrons. The third-order valence-corrected chi connectivity index (χ3v) is 7.96. The molecule has 0 atom stereocenters. The minimum atomic E-state index is -3.79. The average Bonchev–Trinajstić information content (AvgIpc) is 3.43. The normalized spacial score (nSPS) is 14.5. The Morgan fingerprint density at radius 2 is 1.72 bits per heavy atom. The standard InChI is InChI=1S/C21H19Cl3N2O2S/c22-16-7-10-20(24)21(12-16)29(27,28)26(17-8-9-17)14-18-5-3-11-25(18)13-15-4-1-2-6-19(15)23/h1-7,10-12,17H,8-9,13-14H2. The summed E-state index contributed by atoms with van der Waals surface area (Å²) in [6, 6.07) is 16.0. The number of hydrogen-bond donors (Lipinski definition) is 0. The van der Waals surface area contributed by atoms with Crippen LogP contribution >= 0.6 is 34.8 Å². The van der Waals surface area contributed by atoms with Gasteiger partial charge in [-0.05, 0) is 54.8 Å². The molecule has 0 N–H and O–H groups in total. The molecule has 0 bridgehead atoms. The van der Waals surface area contributed by atoms with Gasteiger partial charge >= 0.3 is 0 Å². The van der Waals surface area contributed by atoms with Crippen LogP contribution in [0, 0.1) is 0 Å². The number of aromatic nitrogens is 1. The van der Waals surface area contributed by atoms with Crippen molar-refractivity contribution in [3.8, 4) is 0 Å². The second kappa shape index (κ2) is 8.32. The Morgan fingerprint density at radius 3 is 2.45 bits per heavy atom. The van der Waals surface area contributed by atoms with Crippen molar-refractivity contribution in [3.63, 3.8) is 0 Å². The molecule has 1 aliphatic rings. The van der Waals surface area contributed by atoms with E-state index in [4.69, 9.17) is 34.8 Å². The highest BCUT2D eigenvalue weighted by Crippen LogP contribution is 2.36. The van der Waals surface area contributed by atoms with E-state index in [-0.39, 0.29) is 22.5 Å². The molecule has 8 heteroatoms. The Labute approximate surface area is 185 Å². The quantitative estimate of drug-likeness (QED) is 0.435. The van der Waals surface area contributed by atoms with Crippen molar-refractivity contribution < 1.29 is 8.42 Å². The summed E-state index contributed by atoms with van der Waals surface area (Å²) in [5, 5.41) is 1.20. The predicted octanol–water partition coefficient (Wildman–Crippen LogP) is 5.85. The van der Waals surface area contributed by atoms with Gasteiger partial charge in [0.25, 0.3) is 0 Å². The molecular formula is C21H19Cl3N2O2S.